The third-order valence-corrected chi connectivity index (χ3v) is 3.60. The Hall–Kier alpha value is -2.60. The number of pyridine rings is 1. The molecule has 0 spiro atoms. The molecule has 140 valence electrons. The number of carbonyl (C=O) groups is 1. The van der Waals surface area contributed by atoms with Gasteiger partial charge in [-0.1, -0.05) is 12.1 Å². The molecule has 1 aromatic carbocycles. The summed E-state index contributed by atoms with van der Waals surface area (Å²) in [7, 11) is 1.61. The number of aliphatic hydroxyl groups is 1. The monoisotopic (exact) mass is 358 g/mol. The Kier molecular flexibility index (Phi) is 6.58. The van der Waals surface area contributed by atoms with Gasteiger partial charge in [-0.05, 0) is 62.6 Å². The van der Waals surface area contributed by atoms with Crippen molar-refractivity contribution in [3.63, 3.8) is 0 Å². The van der Waals surface area contributed by atoms with Crippen molar-refractivity contribution in [1.82, 2.24) is 4.98 Å². The lowest BCUT2D eigenvalue weighted by Crippen LogP contribution is -2.37. The highest BCUT2D eigenvalue weighted by atomic mass is 16.6. The summed E-state index contributed by atoms with van der Waals surface area (Å²) in [6, 6.07) is 11.1. The van der Waals surface area contributed by atoms with Gasteiger partial charge in [-0.2, -0.15) is 0 Å². The van der Waals surface area contributed by atoms with Gasteiger partial charge in [0, 0.05) is 12.8 Å². The first kappa shape index (κ1) is 19.7. The summed E-state index contributed by atoms with van der Waals surface area (Å²) in [5.41, 5.74) is 1.21. The van der Waals surface area contributed by atoms with Crippen LogP contribution in [0.1, 0.15) is 31.9 Å². The molecule has 0 saturated heterocycles. The second-order valence-electron chi connectivity index (χ2n) is 6.91. The standard InChI is InChI=1S/C20H26N2O4/c1-20(2,3)26-19(24)22(14-16-5-7-17(25-4)8-6-16)18-13-15(10-12-23)9-11-21-18/h5-9,11,13,23H,10,12,14H2,1-4H3. The molecule has 1 amide bonds. The Morgan fingerprint density at radius 2 is 1.85 bits per heavy atom. The molecule has 0 aliphatic rings. The molecule has 1 N–H and O–H groups in total. The summed E-state index contributed by atoms with van der Waals surface area (Å²) < 4.78 is 10.7. The number of hydrogen-bond donors (Lipinski definition) is 1. The van der Waals surface area contributed by atoms with Gasteiger partial charge in [0.25, 0.3) is 0 Å². The Labute approximate surface area is 154 Å². The van der Waals surface area contributed by atoms with Crippen molar-refractivity contribution in [3.8, 4) is 5.75 Å². The Bertz CT molecular complexity index is 723. The van der Waals surface area contributed by atoms with Crippen LogP contribution < -0.4 is 9.64 Å². The molecule has 0 atom stereocenters. The van der Waals surface area contributed by atoms with Crippen molar-refractivity contribution < 1.29 is 19.4 Å². The van der Waals surface area contributed by atoms with E-state index < -0.39 is 11.7 Å². The second kappa shape index (κ2) is 8.67. The number of nitrogens with zero attached hydrogens (tertiary/aromatic N) is 2. The van der Waals surface area contributed by atoms with Crippen molar-refractivity contribution in [3.05, 3.63) is 53.7 Å². The van der Waals surface area contributed by atoms with Crippen LogP contribution in [0.3, 0.4) is 0 Å². The molecule has 0 aliphatic heterocycles. The van der Waals surface area contributed by atoms with Crippen LogP contribution in [0.4, 0.5) is 10.6 Å². The largest absolute Gasteiger partial charge is 0.497 e. The number of anilines is 1. The van der Waals surface area contributed by atoms with E-state index in [-0.39, 0.29) is 6.61 Å². The molecule has 0 fully saturated rings. The summed E-state index contributed by atoms with van der Waals surface area (Å²) in [5, 5.41) is 9.16. The molecule has 0 unspecified atom stereocenters. The lowest BCUT2D eigenvalue weighted by Gasteiger charge is -2.27. The normalized spacial score (nSPS) is 11.1. The summed E-state index contributed by atoms with van der Waals surface area (Å²) in [4.78, 5) is 18.6. The second-order valence-corrected chi connectivity index (χ2v) is 6.91. The molecule has 1 aromatic heterocycles. The number of benzene rings is 1. The molecule has 0 saturated carbocycles. The van der Waals surface area contributed by atoms with Crippen molar-refractivity contribution in [2.75, 3.05) is 18.6 Å². The van der Waals surface area contributed by atoms with Gasteiger partial charge in [0.2, 0.25) is 0 Å². The molecule has 2 rings (SSSR count). The van der Waals surface area contributed by atoms with E-state index in [4.69, 9.17) is 14.6 Å². The zero-order valence-electron chi connectivity index (χ0n) is 15.7. The van der Waals surface area contributed by atoms with Crippen LogP contribution in [0, 0.1) is 0 Å². The maximum absolute atomic E-state index is 12.7. The highest BCUT2D eigenvalue weighted by Gasteiger charge is 2.24. The summed E-state index contributed by atoms with van der Waals surface area (Å²) in [5.74, 6) is 1.24. The van der Waals surface area contributed by atoms with E-state index in [2.05, 4.69) is 4.98 Å². The van der Waals surface area contributed by atoms with E-state index >= 15 is 0 Å². The minimum Gasteiger partial charge on any atom is -0.497 e. The molecule has 1 heterocycles. The Balaban J connectivity index is 2.31. The first-order valence-corrected chi connectivity index (χ1v) is 8.51. The molecular weight excluding hydrogens is 332 g/mol. The van der Waals surface area contributed by atoms with E-state index in [0.29, 0.717) is 18.8 Å². The number of rotatable bonds is 6. The van der Waals surface area contributed by atoms with Gasteiger partial charge in [0.15, 0.2) is 0 Å². The number of methoxy groups -OCH3 is 1. The maximum Gasteiger partial charge on any atom is 0.416 e. The van der Waals surface area contributed by atoms with E-state index in [1.807, 2.05) is 51.1 Å². The SMILES string of the molecule is COc1ccc(CN(C(=O)OC(C)(C)C)c2cc(CCO)ccn2)cc1. The third-order valence-electron chi connectivity index (χ3n) is 3.60. The van der Waals surface area contributed by atoms with Gasteiger partial charge < -0.3 is 14.6 Å². The van der Waals surface area contributed by atoms with Crippen molar-refractivity contribution >= 4 is 11.9 Å². The van der Waals surface area contributed by atoms with Crippen LogP contribution in [0.5, 0.6) is 5.75 Å². The lowest BCUT2D eigenvalue weighted by molar-refractivity contribution is 0.0576. The molecule has 6 heteroatoms. The van der Waals surface area contributed by atoms with Crippen LogP contribution in [0.15, 0.2) is 42.6 Å². The van der Waals surface area contributed by atoms with Crippen LogP contribution in [0.25, 0.3) is 0 Å². The van der Waals surface area contributed by atoms with Crippen LogP contribution >= 0.6 is 0 Å². The zero-order valence-corrected chi connectivity index (χ0v) is 15.7. The van der Waals surface area contributed by atoms with E-state index in [1.54, 1.807) is 19.4 Å². The van der Waals surface area contributed by atoms with E-state index in [1.165, 1.54) is 4.90 Å². The van der Waals surface area contributed by atoms with Gasteiger partial charge in [0.1, 0.15) is 17.2 Å². The predicted octanol–water partition coefficient (Wildman–Crippen LogP) is 3.57. The number of carbonyl (C=O) groups excluding carboxylic acids is 1. The topological polar surface area (TPSA) is 71.9 Å². The number of amides is 1. The molecular formula is C20H26N2O4. The average Bonchev–Trinajstić information content (AvgIpc) is 2.59. The zero-order chi connectivity index (χ0) is 19.2. The Morgan fingerprint density at radius 3 is 2.42 bits per heavy atom. The summed E-state index contributed by atoms with van der Waals surface area (Å²) in [6.45, 7) is 5.83. The van der Waals surface area contributed by atoms with Crippen LogP contribution in [0.2, 0.25) is 0 Å². The van der Waals surface area contributed by atoms with E-state index in [0.717, 1.165) is 16.9 Å². The molecule has 0 aliphatic carbocycles. The molecule has 2 aromatic rings. The molecule has 26 heavy (non-hydrogen) atoms. The molecule has 0 bridgehead atoms. The number of hydrogen-bond acceptors (Lipinski definition) is 5. The van der Waals surface area contributed by atoms with Crippen LogP contribution in [-0.2, 0) is 17.7 Å². The maximum atomic E-state index is 12.7. The number of aliphatic hydroxyl groups excluding tert-OH is 1. The highest BCUT2D eigenvalue weighted by Crippen LogP contribution is 2.21. The quantitative estimate of drug-likeness (QED) is 0.855. The van der Waals surface area contributed by atoms with Gasteiger partial charge >= 0.3 is 6.09 Å². The van der Waals surface area contributed by atoms with Crippen molar-refractivity contribution in [1.29, 1.82) is 0 Å². The first-order chi connectivity index (χ1) is 12.3. The fourth-order valence-electron chi connectivity index (χ4n) is 2.36. The summed E-state index contributed by atoms with van der Waals surface area (Å²) in [6.07, 6.45) is 1.66. The summed E-state index contributed by atoms with van der Waals surface area (Å²) >= 11 is 0. The molecule has 6 nitrogen and oxygen atoms in total. The minimum absolute atomic E-state index is 0.0361. The fraction of sp³-hybridized carbons (Fsp3) is 0.400. The van der Waals surface area contributed by atoms with Crippen molar-refractivity contribution in [2.24, 2.45) is 0 Å². The Morgan fingerprint density at radius 1 is 1.15 bits per heavy atom. The third kappa shape index (κ3) is 5.74. The smallest absolute Gasteiger partial charge is 0.416 e. The van der Waals surface area contributed by atoms with Crippen molar-refractivity contribution in [2.45, 2.75) is 39.3 Å². The van der Waals surface area contributed by atoms with Gasteiger partial charge in [-0.15, -0.1) is 0 Å². The fourth-order valence-corrected chi connectivity index (χ4v) is 2.36. The van der Waals surface area contributed by atoms with Crippen LogP contribution in [-0.4, -0.2) is 35.5 Å². The number of ether oxygens (including phenoxy) is 2. The van der Waals surface area contributed by atoms with Gasteiger partial charge in [0.05, 0.1) is 13.7 Å². The molecule has 0 radical (unpaired) electrons. The minimum atomic E-state index is -0.613. The van der Waals surface area contributed by atoms with Gasteiger partial charge in [-0.3, -0.25) is 4.90 Å². The average molecular weight is 358 g/mol. The lowest BCUT2D eigenvalue weighted by atomic mass is 10.1. The van der Waals surface area contributed by atoms with Gasteiger partial charge in [-0.25, -0.2) is 9.78 Å². The highest BCUT2D eigenvalue weighted by molar-refractivity contribution is 5.86. The predicted molar refractivity (Wildman–Crippen MR) is 100 cm³/mol. The number of aromatic nitrogens is 1. The first-order valence-electron chi connectivity index (χ1n) is 8.51. The van der Waals surface area contributed by atoms with E-state index in [9.17, 15) is 4.79 Å².